The zero-order chi connectivity index (χ0) is 15.3. The highest BCUT2D eigenvalue weighted by Crippen LogP contribution is 2.70. The Hall–Kier alpha value is -0.360. The van der Waals surface area contributed by atoms with Crippen LogP contribution in [0.2, 0.25) is 0 Å². The number of hydrogen-bond donors (Lipinski definition) is 2. The molecule has 0 radical (unpaired) electrons. The van der Waals surface area contributed by atoms with Gasteiger partial charge in [0.05, 0.1) is 28.9 Å². The molecule has 2 saturated carbocycles. The molecule has 0 amide bonds. The average Bonchev–Trinajstić information content (AvgIpc) is 2.98. The fourth-order valence-corrected chi connectivity index (χ4v) is 5.65. The van der Waals surface area contributed by atoms with Crippen LogP contribution < -0.4 is 0 Å². The second-order valence-electron chi connectivity index (χ2n) is 7.43. The van der Waals surface area contributed by atoms with Gasteiger partial charge in [-0.2, -0.15) is 0 Å². The monoisotopic (exact) mass is 316 g/mol. The summed E-state index contributed by atoms with van der Waals surface area (Å²) in [6.07, 6.45) is -0.540. The van der Waals surface area contributed by atoms with Gasteiger partial charge >= 0.3 is 5.97 Å². The van der Waals surface area contributed by atoms with E-state index < -0.39 is 22.7 Å². The summed E-state index contributed by atoms with van der Waals surface area (Å²) in [6.45, 7) is 5.30. The summed E-state index contributed by atoms with van der Waals surface area (Å²) in [5.41, 5.74) is -1.80. The Kier molecular flexibility index (Phi) is 2.67. The van der Waals surface area contributed by atoms with E-state index in [4.69, 9.17) is 21.1 Å². The smallest absolute Gasteiger partial charge is 0.309 e. The molecule has 1 spiro atoms. The molecule has 118 valence electrons. The first kappa shape index (κ1) is 14.2. The third-order valence-electron chi connectivity index (χ3n) is 6.36. The largest absolute Gasteiger partial charge is 0.461 e. The standard InChI is InChI=1S/C15H21ClO5/c1-5-7-4-8(6(2)17)15-10(9(7)20-13(5)18)14(3,19)11(16)12(15)21-15/h5-12,17,19H,4H2,1-3H3. The number of fused-ring (bicyclic) bond motifs is 2. The average molecular weight is 317 g/mol. The van der Waals surface area contributed by atoms with Gasteiger partial charge in [0, 0.05) is 11.8 Å². The molecule has 21 heavy (non-hydrogen) atoms. The number of ether oxygens (including phenoxy) is 2. The highest BCUT2D eigenvalue weighted by molar-refractivity contribution is 6.22. The van der Waals surface area contributed by atoms with Gasteiger partial charge in [-0.25, -0.2) is 0 Å². The second kappa shape index (κ2) is 3.94. The van der Waals surface area contributed by atoms with Crippen molar-refractivity contribution in [1.29, 1.82) is 0 Å². The number of epoxide rings is 1. The summed E-state index contributed by atoms with van der Waals surface area (Å²) in [6, 6.07) is 0. The van der Waals surface area contributed by atoms with Crippen LogP contribution in [0.15, 0.2) is 0 Å². The molecule has 0 aromatic heterocycles. The summed E-state index contributed by atoms with van der Waals surface area (Å²) in [4.78, 5) is 12.0. The van der Waals surface area contributed by atoms with Crippen LogP contribution in [0, 0.1) is 23.7 Å². The SMILES string of the molecule is CC(O)C1CC2C(C)C(=O)OC2C2C(C)(O)C(Cl)C3OC132. The van der Waals surface area contributed by atoms with E-state index in [1.165, 1.54) is 0 Å². The van der Waals surface area contributed by atoms with Gasteiger partial charge in [0.1, 0.15) is 17.8 Å². The number of alkyl halides is 1. The van der Waals surface area contributed by atoms with E-state index in [0.29, 0.717) is 6.42 Å². The van der Waals surface area contributed by atoms with Gasteiger partial charge in [-0.05, 0) is 20.3 Å². The first-order valence-corrected chi connectivity index (χ1v) is 8.09. The number of carbonyl (C=O) groups excluding carboxylic acids is 1. The number of carbonyl (C=O) groups is 1. The topological polar surface area (TPSA) is 79.3 Å². The molecule has 2 N–H and O–H groups in total. The van der Waals surface area contributed by atoms with Crippen molar-refractivity contribution < 1.29 is 24.5 Å². The lowest BCUT2D eigenvalue weighted by Gasteiger charge is -2.46. The molecule has 10 unspecified atom stereocenters. The van der Waals surface area contributed by atoms with Gasteiger partial charge in [-0.15, -0.1) is 11.6 Å². The molecule has 2 saturated heterocycles. The molecular weight excluding hydrogens is 296 g/mol. The van der Waals surface area contributed by atoms with E-state index in [-0.39, 0.29) is 41.8 Å². The highest BCUT2D eigenvalue weighted by Gasteiger charge is 2.84. The lowest BCUT2D eigenvalue weighted by molar-refractivity contribution is -0.164. The first-order chi connectivity index (χ1) is 9.72. The summed E-state index contributed by atoms with van der Waals surface area (Å²) >= 11 is 6.40. The third-order valence-corrected chi connectivity index (χ3v) is 7.03. The Labute approximate surface area is 128 Å². The van der Waals surface area contributed by atoms with Crippen molar-refractivity contribution in [2.24, 2.45) is 23.7 Å². The molecule has 2 heterocycles. The Morgan fingerprint density at radius 2 is 2.14 bits per heavy atom. The molecule has 2 aliphatic carbocycles. The van der Waals surface area contributed by atoms with Crippen LogP contribution in [0.25, 0.3) is 0 Å². The van der Waals surface area contributed by atoms with Gasteiger partial charge < -0.3 is 19.7 Å². The van der Waals surface area contributed by atoms with Crippen LogP contribution in [0.3, 0.4) is 0 Å². The van der Waals surface area contributed by atoms with E-state index in [9.17, 15) is 15.0 Å². The molecule has 4 aliphatic rings. The van der Waals surface area contributed by atoms with Crippen molar-refractivity contribution in [3.8, 4) is 0 Å². The summed E-state index contributed by atoms with van der Waals surface area (Å²) in [5, 5.41) is 20.6. The molecule has 0 aromatic carbocycles. The van der Waals surface area contributed by atoms with Crippen molar-refractivity contribution in [1.82, 2.24) is 0 Å². The Morgan fingerprint density at radius 3 is 2.76 bits per heavy atom. The summed E-state index contributed by atoms with van der Waals surface area (Å²) in [5.74, 6) is -0.926. The van der Waals surface area contributed by atoms with E-state index in [0.717, 1.165) is 0 Å². The summed E-state index contributed by atoms with van der Waals surface area (Å²) < 4.78 is 11.5. The lowest BCUT2D eigenvalue weighted by Crippen LogP contribution is -2.58. The van der Waals surface area contributed by atoms with Crippen LogP contribution >= 0.6 is 11.6 Å². The van der Waals surface area contributed by atoms with Gasteiger partial charge in [0.2, 0.25) is 0 Å². The van der Waals surface area contributed by atoms with Crippen molar-refractivity contribution in [3.63, 3.8) is 0 Å². The number of aliphatic hydroxyl groups excluding tert-OH is 1. The first-order valence-electron chi connectivity index (χ1n) is 7.65. The van der Waals surface area contributed by atoms with Crippen molar-refractivity contribution in [2.75, 3.05) is 0 Å². The normalized spacial score (nSPS) is 62.6. The van der Waals surface area contributed by atoms with Crippen molar-refractivity contribution in [2.45, 2.75) is 62.1 Å². The minimum Gasteiger partial charge on any atom is -0.461 e. The minimum atomic E-state index is -1.16. The van der Waals surface area contributed by atoms with Gasteiger partial charge in [-0.1, -0.05) is 6.92 Å². The van der Waals surface area contributed by atoms with Gasteiger partial charge in [0.15, 0.2) is 0 Å². The zero-order valence-corrected chi connectivity index (χ0v) is 13.1. The molecule has 0 aromatic rings. The number of halogens is 1. The van der Waals surface area contributed by atoms with E-state index in [1.54, 1.807) is 13.8 Å². The molecule has 4 rings (SSSR count). The third kappa shape index (κ3) is 1.46. The Morgan fingerprint density at radius 1 is 1.48 bits per heavy atom. The minimum absolute atomic E-state index is 0.00557. The molecule has 6 heteroatoms. The van der Waals surface area contributed by atoms with Crippen LogP contribution in [0.4, 0.5) is 0 Å². The fraction of sp³-hybridized carbons (Fsp3) is 0.933. The number of hydrogen-bond acceptors (Lipinski definition) is 5. The van der Waals surface area contributed by atoms with Crippen LogP contribution in [-0.4, -0.2) is 51.1 Å². The van der Waals surface area contributed by atoms with Gasteiger partial charge in [0.25, 0.3) is 0 Å². The van der Waals surface area contributed by atoms with Crippen LogP contribution in [-0.2, 0) is 14.3 Å². The molecule has 5 nitrogen and oxygen atoms in total. The molecule has 10 atom stereocenters. The predicted molar refractivity (Wildman–Crippen MR) is 73.7 cm³/mol. The Bertz CT molecular complexity index is 506. The predicted octanol–water partition coefficient (Wildman–Crippen LogP) is 0.691. The molecular formula is C15H21ClO5. The maximum Gasteiger partial charge on any atom is 0.309 e. The summed E-state index contributed by atoms with van der Waals surface area (Å²) in [7, 11) is 0. The van der Waals surface area contributed by atoms with E-state index in [1.807, 2.05) is 6.92 Å². The molecule has 2 aliphatic heterocycles. The molecule has 4 fully saturated rings. The van der Waals surface area contributed by atoms with Crippen molar-refractivity contribution in [3.05, 3.63) is 0 Å². The second-order valence-corrected chi connectivity index (χ2v) is 7.90. The number of esters is 1. The fourth-order valence-electron chi connectivity index (χ4n) is 5.27. The molecule has 0 bridgehead atoms. The number of aliphatic hydroxyl groups is 2. The number of rotatable bonds is 1. The quantitative estimate of drug-likeness (QED) is 0.423. The van der Waals surface area contributed by atoms with E-state index in [2.05, 4.69) is 0 Å². The van der Waals surface area contributed by atoms with Gasteiger partial charge in [-0.3, -0.25) is 4.79 Å². The van der Waals surface area contributed by atoms with Crippen LogP contribution in [0.1, 0.15) is 27.2 Å². The highest BCUT2D eigenvalue weighted by atomic mass is 35.5. The van der Waals surface area contributed by atoms with Crippen molar-refractivity contribution >= 4 is 17.6 Å². The van der Waals surface area contributed by atoms with Crippen LogP contribution in [0.5, 0.6) is 0 Å². The maximum absolute atomic E-state index is 12.0. The lowest BCUT2D eigenvalue weighted by atomic mass is 9.61. The zero-order valence-electron chi connectivity index (χ0n) is 12.3. The maximum atomic E-state index is 12.0. The van der Waals surface area contributed by atoms with E-state index >= 15 is 0 Å². The Balaban J connectivity index is 1.81.